The summed E-state index contributed by atoms with van der Waals surface area (Å²) in [7, 11) is 0. The van der Waals surface area contributed by atoms with Gasteiger partial charge < -0.3 is 5.32 Å². The molecule has 7 heteroatoms. The highest BCUT2D eigenvalue weighted by Gasteiger charge is 2.34. The summed E-state index contributed by atoms with van der Waals surface area (Å²) >= 11 is 0.774. The van der Waals surface area contributed by atoms with Crippen LogP contribution in [-0.4, -0.2) is 28.5 Å². The molecule has 1 aliphatic heterocycles. The van der Waals surface area contributed by atoms with Gasteiger partial charge in [0, 0.05) is 16.8 Å². The average Bonchev–Trinajstić information content (AvgIpc) is 2.89. The molecule has 0 unspecified atom stereocenters. The molecule has 26 heavy (non-hydrogen) atoms. The van der Waals surface area contributed by atoms with Crippen LogP contribution in [0.2, 0.25) is 0 Å². The Balaban J connectivity index is 1.69. The Bertz CT molecular complexity index is 909. The number of imide groups is 1. The lowest BCUT2D eigenvalue weighted by molar-refractivity contribution is -0.122. The van der Waals surface area contributed by atoms with Crippen molar-refractivity contribution >= 4 is 40.5 Å². The average molecular weight is 370 g/mol. The molecule has 1 N–H and O–H groups in total. The van der Waals surface area contributed by atoms with Gasteiger partial charge in [-0.05, 0) is 55.1 Å². The second-order valence-electron chi connectivity index (χ2n) is 5.60. The number of nitrogens with zero attached hydrogens (tertiary/aromatic N) is 1. The summed E-state index contributed by atoms with van der Waals surface area (Å²) in [6, 6.07) is 12.8. The van der Waals surface area contributed by atoms with E-state index in [1.54, 1.807) is 36.4 Å². The van der Waals surface area contributed by atoms with Crippen LogP contribution < -0.4 is 5.32 Å². The van der Waals surface area contributed by atoms with Crippen molar-refractivity contribution in [2.75, 3.05) is 12.0 Å². The van der Waals surface area contributed by atoms with Gasteiger partial charge in [-0.1, -0.05) is 18.2 Å². The van der Waals surface area contributed by atoms with Crippen LogP contribution >= 0.6 is 11.8 Å². The summed E-state index contributed by atoms with van der Waals surface area (Å²) in [4.78, 5) is 37.0. The van der Waals surface area contributed by atoms with Gasteiger partial charge in [0.15, 0.2) is 5.78 Å². The SMILES string of the molecule is CC(=O)c1ccc(NCN2C(=O)SC(=Cc3ccccc3F)C2=O)cc1. The van der Waals surface area contributed by atoms with Crippen molar-refractivity contribution in [3.05, 3.63) is 70.4 Å². The molecule has 3 rings (SSSR count). The van der Waals surface area contributed by atoms with Crippen molar-refractivity contribution < 1.29 is 18.8 Å². The number of benzene rings is 2. The summed E-state index contributed by atoms with van der Waals surface area (Å²) in [5.74, 6) is -0.972. The molecule has 1 aliphatic rings. The van der Waals surface area contributed by atoms with Crippen molar-refractivity contribution in [3.63, 3.8) is 0 Å². The molecule has 5 nitrogen and oxygen atoms in total. The number of carbonyl (C=O) groups excluding carboxylic acids is 3. The standard InChI is InChI=1S/C19H15FN2O3S/c1-12(23)13-6-8-15(9-7-13)21-11-22-18(24)17(26-19(22)25)10-14-4-2-3-5-16(14)20/h2-10,21H,11H2,1H3. The fraction of sp³-hybridized carbons (Fsp3) is 0.105. The Morgan fingerprint density at radius 3 is 2.50 bits per heavy atom. The molecule has 0 saturated carbocycles. The Morgan fingerprint density at radius 1 is 1.15 bits per heavy atom. The Hall–Kier alpha value is -2.93. The number of ketones is 1. The van der Waals surface area contributed by atoms with Crippen LogP contribution in [0.3, 0.4) is 0 Å². The van der Waals surface area contributed by atoms with Crippen LogP contribution in [-0.2, 0) is 4.79 Å². The van der Waals surface area contributed by atoms with Crippen molar-refractivity contribution in [3.8, 4) is 0 Å². The molecule has 0 atom stereocenters. The molecule has 1 heterocycles. The first-order valence-corrected chi connectivity index (χ1v) is 8.62. The number of thioether (sulfide) groups is 1. The largest absolute Gasteiger partial charge is 0.367 e. The van der Waals surface area contributed by atoms with E-state index >= 15 is 0 Å². The maximum atomic E-state index is 13.7. The highest BCUT2D eigenvalue weighted by atomic mass is 32.2. The van der Waals surface area contributed by atoms with Gasteiger partial charge in [-0.15, -0.1) is 0 Å². The molecule has 0 bridgehead atoms. The van der Waals surface area contributed by atoms with Crippen LogP contribution in [0.15, 0.2) is 53.4 Å². The third-order valence-electron chi connectivity index (χ3n) is 3.80. The zero-order valence-electron chi connectivity index (χ0n) is 13.9. The van der Waals surface area contributed by atoms with E-state index in [1.165, 1.54) is 25.1 Å². The van der Waals surface area contributed by atoms with Crippen molar-refractivity contribution in [1.29, 1.82) is 0 Å². The monoisotopic (exact) mass is 370 g/mol. The van der Waals surface area contributed by atoms with E-state index in [2.05, 4.69) is 5.32 Å². The third kappa shape index (κ3) is 3.83. The van der Waals surface area contributed by atoms with Crippen molar-refractivity contribution in [1.82, 2.24) is 4.90 Å². The molecule has 0 spiro atoms. The summed E-state index contributed by atoms with van der Waals surface area (Å²) in [6.07, 6.45) is 1.38. The van der Waals surface area contributed by atoms with E-state index in [9.17, 15) is 18.8 Å². The minimum atomic E-state index is -0.476. The third-order valence-corrected chi connectivity index (χ3v) is 4.71. The van der Waals surface area contributed by atoms with Gasteiger partial charge in [0.2, 0.25) is 0 Å². The zero-order chi connectivity index (χ0) is 18.7. The number of nitrogens with one attached hydrogen (secondary N) is 1. The maximum absolute atomic E-state index is 13.7. The van der Waals surface area contributed by atoms with Crippen molar-refractivity contribution in [2.24, 2.45) is 0 Å². The lowest BCUT2D eigenvalue weighted by Gasteiger charge is -2.14. The van der Waals surface area contributed by atoms with Gasteiger partial charge in [-0.3, -0.25) is 19.3 Å². The molecule has 1 fully saturated rings. The van der Waals surface area contributed by atoms with Crippen LogP contribution in [0.4, 0.5) is 14.9 Å². The fourth-order valence-corrected chi connectivity index (χ4v) is 3.19. The molecule has 2 amide bonds. The second kappa shape index (κ2) is 7.53. The number of halogens is 1. The van der Waals surface area contributed by atoms with E-state index in [0.717, 1.165) is 16.7 Å². The molecule has 2 aromatic carbocycles. The number of carbonyl (C=O) groups is 3. The first kappa shape index (κ1) is 17.9. The summed E-state index contributed by atoms with van der Waals surface area (Å²) in [5, 5.41) is 2.54. The molecule has 0 aliphatic carbocycles. The summed E-state index contributed by atoms with van der Waals surface area (Å²) in [5.41, 5.74) is 1.51. The normalized spacial score (nSPS) is 15.6. The molecule has 1 saturated heterocycles. The van der Waals surface area contributed by atoms with Gasteiger partial charge in [0.05, 0.1) is 11.6 Å². The molecular weight excluding hydrogens is 355 g/mol. The summed E-state index contributed by atoms with van der Waals surface area (Å²) in [6.45, 7) is 1.46. The molecule has 132 valence electrons. The molecule has 2 aromatic rings. The van der Waals surface area contributed by atoms with E-state index in [0.29, 0.717) is 11.3 Å². The fourth-order valence-electron chi connectivity index (χ4n) is 2.36. The van der Waals surface area contributed by atoms with Crippen molar-refractivity contribution in [2.45, 2.75) is 6.92 Å². The number of hydrogen-bond acceptors (Lipinski definition) is 5. The van der Waals surface area contributed by atoms with E-state index in [1.807, 2.05) is 0 Å². The number of Topliss-reactive ketones (excluding diaryl/α,β-unsaturated/α-hetero) is 1. The van der Waals surface area contributed by atoms with Gasteiger partial charge in [-0.25, -0.2) is 4.39 Å². The molecule has 0 aromatic heterocycles. The molecular formula is C19H15FN2O3S. The van der Waals surface area contributed by atoms with Gasteiger partial charge >= 0.3 is 0 Å². The van der Waals surface area contributed by atoms with Crippen LogP contribution in [0.1, 0.15) is 22.8 Å². The van der Waals surface area contributed by atoms with E-state index < -0.39 is 17.0 Å². The number of amides is 2. The quantitative estimate of drug-likeness (QED) is 0.633. The summed E-state index contributed by atoms with van der Waals surface area (Å²) < 4.78 is 13.7. The zero-order valence-corrected chi connectivity index (χ0v) is 14.7. The number of anilines is 1. The Labute approximate surface area is 153 Å². The van der Waals surface area contributed by atoms with Gasteiger partial charge in [0.25, 0.3) is 11.1 Å². The lowest BCUT2D eigenvalue weighted by atomic mass is 10.1. The highest BCUT2D eigenvalue weighted by molar-refractivity contribution is 8.18. The lowest BCUT2D eigenvalue weighted by Crippen LogP contribution is -2.33. The van der Waals surface area contributed by atoms with Gasteiger partial charge in [0.1, 0.15) is 5.82 Å². The smallest absolute Gasteiger partial charge is 0.295 e. The first-order valence-electron chi connectivity index (χ1n) is 7.80. The van der Waals surface area contributed by atoms with Gasteiger partial charge in [-0.2, -0.15) is 0 Å². The first-order chi connectivity index (χ1) is 12.5. The van der Waals surface area contributed by atoms with Crippen LogP contribution in [0.25, 0.3) is 6.08 Å². The maximum Gasteiger partial charge on any atom is 0.295 e. The molecule has 0 radical (unpaired) electrons. The predicted octanol–water partition coefficient (Wildman–Crippen LogP) is 4.13. The minimum absolute atomic E-state index is 0.0152. The highest BCUT2D eigenvalue weighted by Crippen LogP contribution is 2.32. The predicted molar refractivity (Wildman–Crippen MR) is 99.1 cm³/mol. The van der Waals surface area contributed by atoms with E-state index in [4.69, 9.17) is 0 Å². The van der Waals surface area contributed by atoms with E-state index in [-0.39, 0.29) is 22.9 Å². The Kier molecular flexibility index (Phi) is 5.18. The topological polar surface area (TPSA) is 66.5 Å². The second-order valence-corrected chi connectivity index (χ2v) is 6.59. The number of rotatable bonds is 5. The number of hydrogen-bond donors (Lipinski definition) is 1. The minimum Gasteiger partial charge on any atom is -0.367 e. The van der Waals surface area contributed by atoms with Crippen LogP contribution in [0, 0.1) is 5.82 Å². The Morgan fingerprint density at radius 2 is 1.85 bits per heavy atom. The van der Waals surface area contributed by atoms with Crippen LogP contribution in [0.5, 0.6) is 0 Å².